The molecule has 3 N–H and O–H groups in total. The number of hydrogen-bond acceptors (Lipinski definition) is 2. The number of ether oxygens (including phenoxy) is 1. The highest BCUT2D eigenvalue weighted by atomic mass is 16.5. The molecule has 104 valence electrons. The highest BCUT2D eigenvalue weighted by molar-refractivity contribution is 5.95. The molecule has 2 rings (SSSR count). The molecule has 0 unspecified atom stereocenters. The van der Waals surface area contributed by atoms with Crippen molar-refractivity contribution in [3.63, 3.8) is 0 Å². The van der Waals surface area contributed by atoms with Gasteiger partial charge >= 0.3 is 0 Å². The van der Waals surface area contributed by atoms with Crippen LogP contribution in [0.5, 0.6) is 5.75 Å². The first-order valence-electron chi connectivity index (χ1n) is 6.61. The molecule has 20 heavy (non-hydrogen) atoms. The van der Waals surface area contributed by atoms with Crippen LogP contribution in [-0.4, -0.2) is 5.84 Å². The Morgan fingerprint density at radius 1 is 1.05 bits per heavy atom. The van der Waals surface area contributed by atoms with Gasteiger partial charge in [0.15, 0.2) is 0 Å². The summed E-state index contributed by atoms with van der Waals surface area (Å²) < 4.78 is 5.90. The predicted molar refractivity (Wildman–Crippen MR) is 82.4 cm³/mol. The number of rotatable bonds is 4. The summed E-state index contributed by atoms with van der Waals surface area (Å²) in [6.45, 7) is 6.63. The summed E-state index contributed by atoms with van der Waals surface area (Å²) in [6, 6.07) is 11.9. The molecule has 0 heterocycles. The monoisotopic (exact) mass is 268 g/mol. The zero-order valence-corrected chi connectivity index (χ0v) is 12.2. The molecule has 0 aromatic heterocycles. The molecule has 0 aliphatic heterocycles. The Bertz CT molecular complexity index is 647. The summed E-state index contributed by atoms with van der Waals surface area (Å²) in [6.07, 6.45) is 0. The first-order valence-corrected chi connectivity index (χ1v) is 6.61. The number of amidine groups is 1. The lowest BCUT2D eigenvalue weighted by Gasteiger charge is -2.12. The maximum absolute atomic E-state index is 7.44. The van der Waals surface area contributed by atoms with Crippen molar-refractivity contribution in [2.45, 2.75) is 27.4 Å². The molecule has 0 saturated heterocycles. The normalized spacial score (nSPS) is 10.3. The molecule has 0 fully saturated rings. The second-order valence-electron chi connectivity index (χ2n) is 5.11. The maximum atomic E-state index is 7.44. The van der Waals surface area contributed by atoms with E-state index in [9.17, 15) is 0 Å². The third kappa shape index (κ3) is 3.18. The lowest BCUT2D eigenvalue weighted by molar-refractivity contribution is 0.303. The number of nitrogen functional groups attached to an aromatic ring is 1. The molecule has 3 heteroatoms. The van der Waals surface area contributed by atoms with E-state index in [0.29, 0.717) is 6.61 Å². The first-order chi connectivity index (χ1) is 9.47. The van der Waals surface area contributed by atoms with E-state index in [1.807, 2.05) is 32.0 Å². The number of nitrogens with two attached hydrogens (primary N) is 1. The molecule has 2 aromatic carbocycles. The van der Waals surface area contributed by atoms with Gasteiger partial charge in [-0.05, 0) is 55.2 Å². The van der Waals surface area contributed by atoms with E-state index in [0.717, 1.165) is 28.0 Å². The molecule has 3 nitrogen and oxygen atoms in total. The summed E-state index contributed by atoms with van der Waals surface area (Å²) in [7, 11) is 0. The Hall–Kier alpha value is -2.29. The molecule has 0 bridgehead atoms. The Balaban J connectivity index is 2.15. The van der Waals surface area contributed by atoms with Gasteiger partial charge in [0, 0.05) is 5.56 Å². The predicted octanol–water partition coefficient (Wildman–Crippen LogP) is 3.47. The first kappa shape index (κ1) is 14.1. The molecule has 0 atom stereocenters. The van der Waals surface area contributed by atoms with Crippen LogP contribution in [0.4, 0.5) is 0 Å². The fraction of sp³-hybridized carbons (Fsp3) is 0.235. The molecule has 0 spiro atoms. The van der Waals surface area contributed by atoms with Gasteiger partial charge in [0.1, 0.15) is 18.2 Å². The van der Waals surface area contributed by atoms with Crippen LogP contribution in [0.15, 0.2) is 36.4 Å². The van der Waals surface area contributed by atoms with E-state index in [2.05, 4.69) is 25.1 Å². The van der Waals surface area contributed by atoms with Gasteiger partial charge < -0.3 is 10.5 Å². The van der Waals surface area contributed by atoms with Gasteiger partial charge in [-0.3, -0.25) is 5.41 Å². The minimum atomic E-state index is 0.0927. The van der Waals surface area contributed by atoms with Crippen molar-refractivity contribution >= 4 is 5.84 Å². The van der Waals surface area contributed by atoms with Crippen LogP contribution in [-0.2, 0) is 6.61 Å². The van der Waals surface area contributed by atoms with Crippen molar-refractivity contribution < 1.29 is 4.74 Å². The van der Waals surface area contributed by atoms with Gasteiger partial charge in [0.2, 0.25) is 0 Å². The summed E-state index contributed by atoms with van der Waals surface area (Å²) in [5.74, 6) is 1.01. The largest absolute Gasteiger partial charge is 0.489 e. The molecule has 0 aliphatic rings. The summed E-state index contributed by atoms with van der Waals surface area (Å²) in [5, 5.41) is 7.44. The highest BCUT2D eigenvalue weighted by Crippen LogP contribution is 2.21. The number of aryl methyl sites for hydroxylation is 3. The maximum Gasteiger partial charge on any atom is 0.122 e. The lowest BCUT2D eigenvalue weighted by atomic mass is 10.1. The van der Waals surface area contributed by atoms with E-state index in [1.54, 1.807) is 0 Å². The zero-order valence-electron chi connectivity index (χ0n) is 12.2. The van der Waals surface area contributed by atoms with Crippen LogP contribution in [0.3, 0.4) is 0 Å². The van der Waals surface area contributed by atoms with Crippen LogP contribution >= 0.6 is 0 Å². The third-order valence-electron chi connectivity index (χ3n) is 3.38. The average Bonchev–Trinajstić information content (AvgIpc) is 2.40. The molecule has 2 aromatic rings. The summed E-state index contributed by atoms with van der Waals surface area (Å²) >= 11 is 0. The van der Waals surface area contributed by atoms with Crippen LogP contribution in [0.1, 0.15) is 27.8 Å². The SMILES string of the molecule is Cc1ccc(C)c(OCc2ccc(C(=N)N)cc2C)c1. The van der Waals surface area contributed by atoms with E-state index in [4.69, 9.17) is 15.9 Å². The van der Waals surface area contributed by atoms with E-state index in [-0.39, 0.29) is 5.84 Å². The van der Waals surface area contributed by atoms with Crippen LogP contribution in [0, 0.1) is 26.2 Å². The lowest BCUT2D eigenvalue weighted by Crippen LogP contribution is -2.11. The van der Waals surface area contributed by atoms with E-state index < -0.39 is 0 Å². The second kappa shape index (κ2) is 5.78. The quantitative estimate of drug-likeness (QED) is 0.659. The topological polar surface area (TPSA) is 59.1 Å². The minimum Gasteiger partial charge on any atom is -0.489 e. The van der Waals surface area contributed by atoms with Crippen molar-refractivity contribution in [2.75, 3.05) is 0 Å². The number of benzene rings is 2. The fourth-order valence-corrected chi connectivity index (χ4v) is 2.04. The van der Waals surface area contributed by atoms with E-state index in [1.165, 1.54) is 5.56 Å². The fourth-order valence-electron chi connectivity index (χ4n) is 2.04. The Morgan fingerprint density at radius 3 is 2.45 bits per heavy atom. The van der Waals surface area contributed by atoms with Crippen LogP contribution in [0.2, 0.25) is 0 Å². The van der Waals surface area contributed by atoms with Crippen LogP contribution < -0.4 is 10.5 Å². The van der Waals surface area contributed by atoms with Crippen LogP contribution in [0.25, 0.3) is 0 Å². The Morgan fingerprint density at radius 2 is 1.80 bits per heavy atom. The molecule has 0 radical (unpaired) electrons. The molecule has 0 amide bonds. The Kier molecular flexibility index (Phi) is 4.08. The third-order valence-corrected chi connectivity index (χ3v) is 3.38. The zero-order chi connectivity index (χ0) is 14.7. The highest BCUT2D eigenvalue weighted by Gasteiger charge is 2.05. The van der Waals surface area contributed by atoms with Gasteiger partial charge in [-0.25, -0.2) is 0 Å². The smallest absolute Gasteiger partial charge is 0.122 e. The Labute approximate surface area is 119 Å². The van der Waals surface area contributed by atoms with Crippen molar-refractivity contribution in [2.24, 2.45) is 5.73 Å². The van der Waals surface area contributed by atoms with Crippen molar-refractivity contribution in [3.8, 4) is 5.75 Å². The van der Waals surface area contributed by atoms with E-state index >= 15 is 0 Å². The molecular formula is C17H20N2O. The van der Waals surface area contributed by atoms with Crippen molar-refractivity contribution in [3.05, 3.63) is 64.2 Å². The van der Waals surface area contributed by atoms with Gasteiger partial charge in [0.25, 0.3) is 0 Å². The van der Waals surface area contributed by atoms with Crippen molar-refractivity contribution in [1.29, 1.82) is 5.41 Å². The molecular weight excluding hydrogens is 248 g/mol. The van der Waals surface area contributed by atoms with Crippen molar-refractivity contribution in [1.82, 2.24) is 0 Å². The summed E-state index contributed by atoms with van der Waals surface area (Å²) in [5.41, 5.74) is 10.7. The van der Waals surface area contributed by atoms with Gasteiger partial charge in [-0.1, -0.05) is 24.3 Å². The standard InChI is InChI=1S/C17H20N2O/c1-11-4-5-12(2)16(8-11)20-10-15-7-6-14(17(18)19)9-13(15)3/h4-9H,10H2,1-3H3,(H3,18,19). The second-order valence-corrected chi connectivity index (χ2v) is 5.11. The minimum absolute atomic E-state index is 0.0927. The average molecular weight is 268 g/mol. The van der Waals surface area contributed by atoms with Gasteiger partial charge in [-0.15, -0.1) is 0 Å². The summed E-state index contributed by atoms with van der Waals surface area (Å²) in [4.78, 5) is 0. The van der Waals surface area contributed by atoms with Gasteiger partial charge in [-0.2, -0.15) is 0 Å². The molecule has 0 saturated carbocycles. The number of nitrogens with one attached hydrogen (secondary N) is 1. The number of hydrogen-bond donors (Lipinski definition) is 2. The van der Waals surface area contributed by atoms with Gasteiger partial charge in [0.05, 0.1) is 0 Å². The molecule has 0 aliphatic carbocycles.